The van der Waals surface area contributed by atoms with Crippen molar-refractivity contribution >= 4 is 34.5 Å². The molecule has 0 radical (unpaired) electrons. The summed E-state index contributed by atoms with van der Waals surface area (Å²) in [5, 5.41) is 4.20. The van der Waals surface area contributed by atoms with Crippen LogP contribution in [0.3, 0.4) is 0 Å². The van der Waals surface area contributed by atoms with Crippen molar-refractivity contribution in [3.63, 3.8) is 0 Å². The van der Waals surface area contributed by atoms with Gasteiger partial charge in [-0.3, -0.25) is 19.7 Å². The Bertz CT molecular complexity index is 932. The minimum absolute atomic E-state index is 0.0515. The first kappa shape index (κ1) is 19.9. The van der Waals surface area contributed by atoms with Crippen LogP contribution in [0.1, 0.15) is 47.5 Å². The molecule has 1 saturated heterocycles. The molecule has 1 unspecified atom stereocenters. The van der Waals surface area contributed by atoms with Gasteiger partial charge in [0.2, 0.25) is 5.91 Å². The minimum atomic E-state index is -0.553. The quantitative estimate of drug-likeness (QED) is 0.803. The number of hydrogen-bond acceptors (Lipinski definition) is 5. The smallest absolute Gasteiger partial charge is 0.286 e. The zero-order chi connectivity index (χ0) is 20.5. The van der Waals surface area contributed by atoms with Crippen molar-refractivity contribution in [3.8, 4) is 5.75 Å². The standard InChI is InChI=1S/C21H22N2O4S/c1-21(2,3)13-7-10-15(16(11-13)27-4)18(24)22-14-8-5-12(6-9-14)17-19(25)23-20(26)28-17/h5-11,17H,1-4H3,(H,22,24)(H,23,25,26). The normalized spacial score (nSPS) is 16.6. The van der Waals surface area contributed by atoms with Crippen molar-refractivity contribution in [1.29, 1.82) is 0 Å². The second-order valence-electron chi connectivity index (χ2n) is 7.52. The van der Waals surface area contributed by atoms with Crippen LogP contribution in [0.4, 0.5) is 10.5 Å². The first-order valence-electron chi connectivity index (χ1n) is 8.80. The van der Waals surface area contributed by atoms with Gasteiger partial charge < -0.3 is 10.1 Å². The van der Waals surface area contributed by atoms with E-state index in [2.05, 4.69) is 31.4 Å². The first-order chi connectivity index (χ1) is 13.2. The van der Waals surface area contributed by atoms with Crippen LogP contribution in [0, 0.1) is 0 Å². The van der Waals surface area contributed by atoms with E-state index < -0.39 is 5.25 Å². The van der Waals surface area contributed by atoms with Gasteiger partial charge in [0.05, 0.1) is 12.7 Å². The summed E-state index contributed by atoms with van der Waals surface area (Å²) in [5.74, 6) is -0.0947. The van der Waals surface area contributed by atoms with Crippen molar-refractivity contribution in [2.75, 3.05) is 12.4 Å². The van der Waals surface area contributed by atoms with E-state index in [1.807, 2.05) is 12.1 Å². The van der Waals surface area contributed by atoms with Crippen LogP contribution >= 0.6 is 11.8 Å². The molecule has 0 spiro atoms. The maximum absolute atomic E-state index is 12.7. The molecule has 0 saturated carbocycles. The van der Waals surface area contributed by atoms with E-state index in [-0.39, 0.29) is 22.5 Å². The molecule has 2 aromatic carbocycles. The largest absolute Gasteiger partial charge is 0.496 e. The van der Waals surface area contributed by atoms with Gasteiger partial charge in [-0.05, 0) is 52.6 Å². The van der Waals surface area contributed by atoms with Crippen LogP contribution in [-0.2, 0) is 10.2 Å². The number of imide groups is 1. The average Bonchev–Trinajstić information content (AvgIpc) is 2.99. The van der Waals surface area contributed by atoms with Crippen molar-refractivity contribution in [3.05, 3.63) is 59.2 Å². The fraction of sp³-hybridized carbons (Fsp3) is 0.286. The molecule has 2 N–H and O–H groups in total. The third kappa shape index (κ3) is 4.20. The van der Waals surface area contributed by atoms with Crippen LogP contribution in [0.25, 0.3) is 0 Å². The summed E-state index contributed by atoms with van der Waals surface area (Å²) in [7, 11) is 1.54. The Morgan fingerprint density at radius 3 is 2.32 bits per heavy atom. The van der Waals surface area contributed by atoms with E-state index in [1.165, 1.54) is 0 Å². The Balaban J connectivity index is 1.76. The first-order valence-corrected chi connectivity index (χ1v) is 9.68. The highest BCUT2D eigenvalue weighted by Crippen LogP contribution is 2.34. The molecular formula is C21H22N2O4S. The number of methoxy groups -OCH3 is 1. The number of carbonyl (C=O) groups excluding carboxylic acids is 3. The SMILES string of the molecule is COc1cc(C(C)(C)C)ccc1C(=O)Nc1ccc(C2SC(=O)NC2=O)cc1. The van der Waals surface area contributed by atoms with E-state index >= 15 is 0 Å². The molecule has 3 rings (SSSR count). The summed E-state index contributed by atoms with van der Waals surface area (Å²) in [4.78, 5) is 35.8. The lowest BCUT2D eigenvalue weighted by Gasteiger charge is -2.20. The Morgan fingerprint density at radius 1 is 1.11 bits per heavy atom. The third-order valence-corrected chi connectivity index (χ3v) is 5.51. The number of anilines is 1. The number of hydrogen-bond donors (Lipinski definition) is 2. The van der Waals surface area contributed by atoms with E-state index in [4.69, 9.17) is 4.74 Å². The molecule has 1 aliphatic heterocycles. The van der Waals surface area contributed by atoms with Gasteiger partial charge in [0.25, 0.3) is 11.1 Å². The number of amides is 3. The fourth-order valence-electron chi connectivity index (χ4n) is 2.86. The van der Waals surface area contributed by atoms with Crippen molar-refractivity contribution in [1.82, 2.24) is 5.32 Å². The zero-order valence-corrected chi connectivity index (χ0v) is 17.0. The highest BCUT2D eigenvalue weighted by atomic mass is 32.2. The molecule has 1 atom stereocenters. The minimum Gasteiger partial charge on any atom is -0.496 e. The Kier molecular flexibility index (Phi) is 5.47. The lowest BCUT2D eigenvalue weighted by atomic mass is 9.86. The number of ether oxygens (including phenoxy) is 1. The summed E-state index contributed by atoms with van der Waals surface area (Å²) in [6.07, 6.45) is 0. The van der Waals surface area contributed by atoms with Crippen LogP contribution < -0.4 is 15.4 Å². The molecule has 0 aliphatic carbocycles. The maximum Gasteiger partial charge on any atom is 0.286 e. The third-order valence-electron chi connectivity index (χ3n) is 4.47. The summed E-state index contributed by atoms with van der Waals surface area (Å²) >= 11 is 0.948. The van der Waals surface area contributed by atoms with Gasteiger partial charge in [0.15, 0.2) is 0 Å². The Labute approximate surface area is 168 Å². The van der Waals surface area contributed by atoms with E-state index in [1.54, 1.807) is 37.4 Å². The predicted octanol–water partition coefficient (Wildman–Crippen LogP) is 4.27. The summed E-state index contributed by atoms with van der Waals surface area (Å²) < 4.78 is 5.41. The van der Waals surface area contributed by atoms with Gasteiger partial charge in [-0.25, -0.2) is 0 Å². The van der Waals surface area contributed by atoms with Gasteiger partial charge >= 0.3 is 0 Å². The molecule has 1 heterocycles. The molecule has 1 aliphatic rings. The number of thioether (sulfide) groups is 1. The number of benzene rings is 2. The molecule has 28 heavy (non-hydrogen) atoms. The number of rotatable bonds is 4. The van der Waals surface area contributed by atoms with Crippen LogP contribution in [-0.4, -0.2) is 24.2 Å². The zero-order valence-electron chi connectivity index (χ0n) is 16.2. The highest BCUT2D eigenvalue weighted by molar-refractivity contribution is 8.15. The second kappa shape index (κ2) is 7.67. The van der Waals surface area contributed by atoms with Gasteiger partial charge in [-0.1, -0.05) is 39.0 Å². The van der Waals surface area contributed by atoms with Gasteiger partial charge in [-0.15, -0.1) is 0 Å². The summed E-state index contributed by atoms with van der Waals surface area (Å²) in [6.45, 7) is 6.29. The van der Waals surface area contributed by atoms with Crippen molar-refractivity contribution in [2.24, 2.45) is 0 Å². The second-order valence-corrected chi connectivity index (χ2v) is 8.59. The average molecular weight is 398 g/mol. The Morgan fingerprint density at radius 2 is 1.79 bits per heavy atom. The number of carbonyl (C=O) groups is 3. The molecule has 146 valence electrons. The fourth-order valence-corrected chi connectivity index (χ4v) is 3.69. The molecule has 6 nitrogen and oxygen atoms in total. The van der Waals surface area contributed by atoms with Crippen molar-refractivity contribution in [2.45, 2.75) is 31.4 Å². The lowest BCUT2D eigenvalue weighted by Crippen LogP contribution is -2.20. The molecular weight excluding hydrogens is 376 g/mol. The Hall–Kier alpha value is -2.80. The van der Waals surface area contributed by atoms with Gasteiger partial charge in [0.1, 0.15) is 11.0 Å². The predicted molar refractivity (Wildman–Crippen MR) is 110 cm³/mol. The number of nitrogens with one attached hydrogen (secondary N) is 2. The van der Waals surface area contributed by atoms with Gasteiger partial charge in [0, 0.05) is 5.69 Å². The van der Waals surface area contributed by atoms with Crippen molar-refractivity contribution < 1.29 is 19.1 Å². The molecule has 7 heteroatoms. The molecule has 3 amide bonds. The van der Waals surface area contributed by atoms with E-state index in [0.717, 1.165) is 17.3 Å². The molecule has 0 aromatic heterocycles. The summed E-state index contributed by atoms with van der Waals surface area (Å²) in [6, 6.07) is 12.4. The molecule has 0 bridgehead atoms. The summed E-state index contributed by atoms with van der Waals surface area (Å²) in [5.41, 5.74) is 2.76. The monoisotopic (exact) mass is 398 g/mol. The van der Waals surface area contributed by atoms with E-state index in [0.29, 0.717) is 22.6 Å². The topological polar surface area (TPSA) is 84.5 Å². The molecule has 1 fully saturated rings. The molecule has 2 aromatic rings. The van der Waals surface area contributed by atoms with Crippen LogP contribution in [0.2, 0.25) is 0 Å². The van der Waals surface area contributed by atoms with Crippen LogP contribution in [0.15, 0.2) is 42.5 Å². The maximum atomic E-state index is 12.7. The van der Waals surface area contributed by atoms with Gasteiger partial charge in [-0.2, -0.15) is 0 Å². The highest BCUT2D eigenvalue weighted by Gasteiger charge is 2.32. The van der Waals surface area contributed by atoms with Crippen LogP contribution in [0.5, 0.6) is 5.75 Å². The van der Waals surface area contributed by atoms with E-state index in [9.17, 15) is 14.4 Å². The lowest BCUT2D eigenvalue weighted by molar-refractivity contribution is -0.119.